The first kappa shape index (κ1) is 37.6. The van der Waals surface area contributed by atoms with E-state index in [2.05, 4.69) is 45.6 Å². The Hall–Kier alpha value is -6.14. The molecule has 3 N–H and O–H groups in total. The highest BCUT2D eigenvalue weighted by atomic mass is 19.1. The van der Waals surface area contributed by atoms with Crippen LogP contribution in [0.3, 0.4) is 0 Å². The van der Waals surface area contributed by atoms with Crippen molar-refractivity contribution in [1.82, 2.24) is 24.8 Å². The van der Waals surface area contributed by atoms with E-state index in [1.54, 1.807) is 35.2 Å². The number of nitrogens with one attached hydrogen (secondary N) is 3. The number of carbonyl (C=O) groups is 2. The van der Waals surface area contributed by atoms with Crippen molar-refractivity contribution in [2.45, 2.75) is 51.8 Å². The quantitative estimate of drug-likeness (QED) is 0.111. The Balaban J connectivity index is 1.18. The average Bonchev–Trinajstić information content (AvgIpc) is 3.55. The lowest BCUT2D eigenvalue weighted by Crippen LogP contribution is -2.49. The summed E-state index contributed by atoms with van der Waals surface area (Å²) >= 11 is 0. The highest BCUT2D eigenvalue weighted by Gasteiger charge is 2.26. The number of aromatic nitrogens is 3. The van der Waals surface area contributed by atoms with Crippen molar-refractivity contribution >= 4 is 52.7 Å². The molecule has 0 aliphatic carbocycles. The van der Waals surface area contributed by atoms with Crippen LogP contribution in [0.1, 0.15) is 37.5 Å². The number of aliphatic imine (C=N–C) groups is 1. The molecule has 1 saturated heterocycles. The van der Waals surface area contributed by atoms with Gasteiger partial charge in [0.1, 0.15) is 17.5 Å². The highest BCUT2D eigenvalue weighted by Crippen LogP contribution is 2.28. The van der Waals surface area contributed by atoms with Crippen LogP contribution in [0.4, 0.5) is 44.1 Å². The zero-order valence-corrected chi connectivity index (χ0v) is 30.7. The van der Waals surface area contributed by atoms with E-state index in [0.29, 0.717) is 57.1 Å². The van der Waals surface area contributed by atoms with Gasteiger partial charge in [0.2, 0.25) is 17.8 Å². The topological polar surface area (TPSA) is 151 Å². The molecule has 3 aromatic carbocycles. The lowest BCUT2D eigenvalue weighted by molar-refractivity contribution is -0.141. The number of esters is 1. The number of benzene rings is 3. The second kappa shape index (κ2) is 16.7. The first-order chi connectivity index (χ1) is 25.9. The summed E-state index contributed by atoms with van der Waals surface area (Å²) in [6.07, 6.45) is 0.518. The molecular formula is C39H43FN10O4. The molecule has 1 amide bonds. The molecule has 54 heavy (non-hydrogen) atoms. The van der Waals surface area contributed by atoms with Crippen molar-refractivity contribution in [3.05, 3.63) is 101 Å². The number of methoxy groups -OCH3 is 1. The van der Waals surface area contributed by atoms with E-state index in [1.165, 1.54) is 19.2 Å². The van der Waals surface area contributed by atoms with E-state index < -0.39 is 17.6 Å². The van der Waals surface area contributed by atoms with Gasteiger partial charge in [-0.25, -0.2) is 18.8 Å². The van der Waals surface area contributed by atoms with Crippen LogP contribution in [-0.2, 0) is 33.7 Å². The van der Waals surface area contributed by atoms with E-state index in [0.717, 1.165) is 28.1 Å². The van der Waals surface area contributed by atoms with Crippen LogP contribution in [0.25, 0.3) is 4.85 Å². The minimum Gasteiger partial charge on any atom is -0.467 e. The second-order valence-corrected chi connectivity index (χ2v) is 14.1. The molecule has 0 unspecified atom stereocenters. The Kier molecular flexibility index (Phi) is 11.6. The van der Waals surface area contributed by atoms with E-state index in [-0.39, 0.29) is 36.2 Å². The number of ether oxygens (including phenoxy) is 2. The summed E-state index contributed by atoms with van der Waals surface area (Å²) in [7, 11) is 1.31. The first-order valence-corrected chi connectivity index (χ1v) is 17.6. The Morgan fingerprint density at radius 2 is 1.69 bits per heavy atom. The lowest BCUT2D eigenvalue weighted by atomic mass is 10.1. The third-order valence-corrected chi connectivity index (χ3v) is 8.71. The Morgan fingerprint density at radius 3 is 2.41 bits per heavy atom. The molecule has 0 saturated carbocycles. The normalized spacial score (nSPS) is 14.7. The van der Waals surface area contributed by atoms with Crippen LogP contribution in [0.15, 0.2) is 71.7 Å². The first-order valence-electron chi connectivity index (χ1n) is 17.6. The van der Waals surface area contributed by atoms with Crippen LogP contribution in [0, 0.1) is 12.4 Å². The smallest absolute Gasteiger partial charge is 0.410 e. The van der Waals surface area contributed by atoms with Crippen molar-refractivity contribution in [2.24, 2.45) is 4.99 Å². The maximum Gasteiger partial charge on any atom is 0.410 e. The molecule has 2 aliphatic rings. The van der Waals surface area contributed by atoms with Crippen molar-refractivity contribution < 1.29 is 23.5 Å². The minimum atomic E-state index is -0.848. The molecule has 1 fully saturated rings. The number of nitrogens with zero attached hydrogens (tertiary/aromatic N) is 7. The zero-order valence-electron chi connectivity index (χ0n) is 30.7. The van der Waals surface area contributed by atoms with Gasteiger partial charge in [-0.3, -0.25) is 9.89 Å². The van der Waals surface area contributed by atoms with Gasteiger partial charge in [0, 0.05) is 57.0 Å². The molecule has 1 aromatic heterocycles. The van der Waals surface area contributed by atoms with Gasteiger partial charge in [-0.15, -0.1) is 0 Å². The molecule has 1 atom stereocenters. The van der Waals surface area contributed by atoms with Gasteiger partial charge in [-0.05, 0) is 61.7 Å². The molecule has 2 aliphatic heterocycles. The maximum atomic E-state index is 13.8. The fraction of sp³-hybridized carbons (Fsp3) is 0.359. The predicted molar refractivity (Wildman–Crippen MR) is 204 cm³/mol. The summed E-state index contributed by atoms with van der Waals surface area (Å²) in [6.45, 7) is 16.4. The number of halogens is 1. The predicted octanol–water partition coefficient (Wildman–Crippen LogP) is 6.29. The van der Waals surface area contributed by atoms with Gasteiger partial charge in [0.15, 0.2) is 5.69 Å². The Labute approximate surface area is 313 Å². The van der Waals surface area contributed by atoms with Gasteiger partial charge in [0.25, 0.3) is 0 Å². The third kappa shape index (κ3) is 10.3. The number of hydrogen-bond acceptors (Lipinski definition) is 12. The molecular weight excluding hydrogens is 691 g/mol. The second-order valence-electron chi connectivity index (χ2n) is 14.1. The molecule has 3 heterocycles. The number of hydrogen-bond donors (Lipinski definition) is 3. The summed E-state index contributed by atoms with van der Waals surface area (Å²) in [5.74, 6) is -0.284. The minimum absolute atomic E-state index is 0.126. The summed E-state index contributed by atoms with van der Waals surface area (Å²) in [4.78, 5) is 51.3. The van der Waals surface area contributed by atoms with Gasteiger partial charge >= 0.3 is 12.1 Å². The molecule has 6 rings (SSSR count). The SMILES string of the molecule is [C-]#[N+]c1ccc(C[C@H](Nc2nc(NCC3=Nc4cc(F)ccc4C3)nc(Nc3cccc(CN4CCN(C(=O)OC(C)(C)C)CC4)c3)n2)C(=O)OC)cc1. The number of rotatable bonds is 12. The number of carbonyl (C=O) groups excluding carboxylic acids is 2. The fourth-order valence-corrected chi connectivity index (χ4v) is 6.06. The van der Waals surface area contributed by atoms with E-state index in [4.69, 9.17) is 16.0 Å². The van der Waals surface area contributed by atoms with Crippen LogP contribution in [-0.4, -0.2) is 94.0 Å². The number of fused-ring (bicyclic) bond motifs is 1. The number of piperazine rings is 1. The fourth-order valence-electron chi connectivity index (χ4n) is 6.06. The molecule has 280 valence electrons. The monoisotopic (exact) mass is 734 g/mol. The van der Waals surface area contributed by atoms with Crippen LogP contribution in [0.2, 0.25) is 0 Å². The molecule has 0 spiro atoms. The summed E-state index contributed by atoms with van der Waals surface area (Å²) in [5, 5.41) is 9.62. The summed E-state index contributed by atoms with van der Waals surface area (Å²) < 4.78 is 24.4. The van der Waals surface area contributed by atoms with Gasteiger partial charge < -0.3 is 30.3 Å². The number of amides is 1. The van der Waals surface area contributed by atoms with Gasteiger partial charge in [-0.2, -0.15) is 15.0 Å². The molecule has 15 heteroatoms. The molecule has 4 aromatic rings. The maximum absolute atomic E-state index is 13.8. The largest absolute Gasteiger partial charge is 0.467 e. The highest BCUT2D eigenvalue weighted by molar-refractivity contribution is 5.96. The summed E-state index contributed by atoms with van der Waals surface area (Å²) in [5.41, 5.74) is 4.89. The number of anilines is 4. The van der Waals surface area contributed by atoms with E-state index >= 15 is 0 Å². The van der Waals surface area contributed by atoms with Gasteiger partial charge in [-0.1, -0.05) is 42.5 Å². The molecule has 0 bridgehead atoms. The van der Waals surface area contributed by atoms with Crippen molar-refractivity contribution in [2.75, 3.05) is 55.8 Å². The summed E-state index contributed by atoms with van der Waals surface area (Å²) in [6, 6.07) is 18.6. The van der Waals surface area contributed by atoms with Crippen molar-refractivity contribution in [1.29, 1.82) is 0 Å². The lowest BCUT2D eigenvalue weighted by Gasteiger charge is -2.35. The third-order valence-electron chi connectivity index (χ3n) is 8.71. The van der Waals surface area contributed by atoms with E-state index in [9.17, 15) is 14.0 Å². The van der Waals surface area contributed by atoms with Crippen LogP contribution >= 0.6 is 0 Å². The van der Waals surface area contributed by atoms with Crippen LogP contribution < -0.4 is 16.0 Å². The molecule has 14 nitrogen and oxygen atoms in total. The van der Waals surface area contributed by atoms with Gasteiger partial charge in [0.05, 0.1) is 25.9 Å². The Bertz CT molecular complexity index is 2050. The van der Waals surface area contributed by atoms with E-state index in [1.807, 2.05) is 45.0 Å². The zero-order chi connectivity index (χ0) is 38.2. The van der Waals surface area contributed by atoms with Crippen LogP contribution in [0.5, 0.6) is 0 Å². The van der Waals surface area contributed by atoms with Crippen molar-refractivity contribution in [3.8, 4) is 0 Å². The molecule has 0 radical (unpaired) electrons. The standard InChI is InChI=1S/C39H43FN10O4/c1-39(2,3)54-38(52)50-17-15-49(16-18-50)24-26-7-6-8-30(19-26)44-36-46-35(42-23-31-21-27-11-12-28(40)22-32(27)43-31)47-37(48-36)45-33(34(51)53-5)20-25-9-13-29(41-4)14-10-25/h6-14,19,22,33H,15-18,20-21,23-24H2,1-3,5H3,(H3,42,44,45,46,47,48)/t33-/m0/s1. The average molecular weight is 735 g/mol. The van der Waals surface area contributed by atoms with Crippen molar-refractivity contribution in [3.63, 3.8) is 0 Å². The Morgan fingerprint density at radius 1 is 0.944 bits per heavy atom.